The molecule has 0 fully saturated rings. The van der Waals surface area contributed by atoms with Crippen LogP contribution < -0.4 is 0 Å². The summed E-state index contributed by atoms with van der Waals surface area (Å²) < 4.78 is 0. The van der Waals surface area contributed by atoms with Gasteiger partial charge in [0.15, 0.2) is 0 Å². The molecule has 1 aromatic heterocycles. The first-order valence-corrected chi connectivity index (χ1v) is 5.15. The third kappa shape index (κ3) is 1.71. The van der Waals surface area contributed by atoms with Crippen LogP contribution in [-0.2, 0) is 13.0 Å². The van der Waals surface area contributed by atoms with Crippen LogP contribution >= 0.6 is 11.3 Å². The highest BCUT2D eigenvalue weighted by Crippen LogP contribution is 2.24. The molecule has 0 aliphatic carbocycles. The first-order valence-electron chi connectivity index (χ1n) is 4.34. The summed E-state index contributed by atoms with van der Waals surface area (Å²) >= 11 is 1.76. The number of aromatic nitrogens is 1. The van der Waals surface area contributed by atoms with Gasteiger partial charge in [-0.25, -0.2) is 4.98 Å². The van der Waals surface area contributed by atoms with Crippen LogP contribution in [0.1, 0.15) is 15.6 Å². The number of hydrogen-bond donors (Lipinski definition) is 0. The first kappa shape index (κ1) is 8.67. The molecule has 0 atom stereocenters. The van der Waals surface area contributed by atoms with Crippen LogP contribution in [0, 0.1) is 18.3 Å². The number of nitrogens with zero attached hydrogens (tertiary/aromatic N) is 3. The van der Waals surface area contributed by atoms with Crippen LogP contribution in [-0.4, -0.2) is 23.0 Å². The minimum Gasteiger partial charge on any atom is -0.285 e. The van der Waals surface area contributed by atoms with E-state index in [2.05, 4.69) is 16.0 Å². The van der Waals surface area contributed by atoms with E-state index >= 15 is 0 Å². The predicted octanol–water partition coefficient (Wildman–Crippen LogP) is 1.33. The molecule has 1 aromatic rings. The number of hydrogen-bond acceptors (Lipinski definition) is 4. The number of thiazole rings is 1. The minimum absolute atomic E-state index is 0.538. The Hall–Kier alpha value is -0.920. The van der Waals surface area contributed by atoms with Crippen molar-refractivity contribution in [1.82, 2.24) is 9.88 Å². The Morgan fingerprint density at radius 1 is 1.69 bits per heavy atom. The molecule has 1 aliphatic rings. The molecular weight excluding hydrogens is 182 g/mol. The van der Waals surface area contributed by atoms with Gasteiger partial charge in [0.05, 0.1) is 23.3 Å². The fraction of sp³-hybridized carbons (Fsp3) is 0.556. The van der Waals surface area contributed by atoms with E-state index in [-0.39, 0.29) is 0 Å². The Kier molecular flexibility index (Phi) is 2.30. The summed E-state index contributed by atoms with van der Waals surface area (Å²) in [5.41, 5.74) is 1.25. The van der Waals surface area contributed by atoms with Gasteiger partial charge in [0.1, 0.15) is 0 Å². The summed E-state index contributed by atoms with van der Waals surface area (Å²) in [5, 5.41) is 9.71. The van der Waals surface area contributed by atoms with Gasteiger partial charge in [-0.2, -0.15) is 5.26 Å². The second-order valence-corrected chi connectivity index (χ2v) is 4.51. The Bertz CT molecular complexity index is 350. The van der Waals surface area contributed by atoms with Crippen molar-refractivity contribution in [2.24, 2.45) is 0 Å². The van der Waals surface area contributed by atoms with Gasteiger partial charge in [-0.05, 0) is 6.92 Å². The SMILES string of the molecule is Cc1nc2c(s1)CN(CC#N)CC2. The smallest absolute Gasteiger partial charge is 0.0900 e. The lowest BCUT2D eigenvalue weighted by Gasteiger charge is -2.22. The zero-order chi connectivity index (χ0) is 9.26. The molecule has 2 rings (SSSR count). The Morgan fingerprint density at radius 3 is 3.31 bits per heavy atom. The molecule has 2 heterocycles. The number of aryl methyl sites for hydroxylation is 1. The second kappa shape index (κ2) is 3.44. The summed E-state index contributed by atoms with van der Waals surface area (Å²) in [4.78, 5) is 7.97. The predicted molar refractivity (Wildman–Crippen MR) is 51.4 cm³/mol. The van der Waals surface area contributed by atoms with Crippen molar-refractivity contribution in [3.63, 3.8) is 0 Å². The Morgan fingerprint density at radius 2 is 2.54 bits per heavy atom. The summed E-state index contributed by atoms with van der Waals surface area (Å²) in [6.45, 7) is 4.46. The van der Waals surface area contributed by atoms with Gasteiger partial charge in [-0.15, -0.1) is 11.3 Å². The number of fused-ring (bicyclic) bond motifs is 1. The van der Waals surface area contributed by atoms with Gasteiger partial charge in [0, 0.05) is 24.4 Å². The molecule has 4 heteroatoms. The van der Waals surface area contributed by atoms with E-state index in [1.54, 1.807) is 11.3 Å². The Balaban J connectivity index is 2.15. The average Bonchev–Trinajstić information content (AvgIpc) is 2.44. The van der Waals surface area contributed by atoms with E-state index in [4.69, 9.17) is 5.26 Å². The first-order chi connectivity index (χ1) is 6.29. The molecule has 3 nitrogen and oxygen atoms in total. The molecule has 0 unspecified atom stereocenters. The lowest BCUT2D eigenvalue weighted by Crippen LogP contribution is -2.30. The molecule has 13 heavy (non-hydrogen) atoms. The number of rotatable bonds is 1. The molecule has 1 aliphatic heterocycles. The van der Waals surface area contributed by atoms with E-state index < -0.39 is 0 Å². The zero-order valence-electron chi connectivity index (χ0n) is 7.58. The van der Waals surface area contributed by atoms with E-state index in [1.165, 1.54) is 10.6 Å². The van der Waals surface area contributed by atoms with E-state index in [0.717, 1.165) is 24.5 Å². The Labute approximate surface area is 81.6 Å². The maximum absolute atomic E-state index is 8.57. The standard InChI is InChI=1S/C9H11N3S/c1-7-11-8-2-4-12(5-3-10)6-9(8)13-7/h2,4-6H2,1H3. The number of nitriles is 1. The molecule has 0 saturated heterocycles. The van der Waals surface area contributed by atoms with Crippen LogP contribution in [0.15, 0.2) is 0 Å². The highest BCUT2D eigenvalue weighted by molar-refractivity contribution is 7.11. The molecule has 0 spiro atoms. The third-order valence-electron chi connectivity index (χ3n) is 2.21. The van der Waals surface area contributed by atoms with Crippen molar-refractivity contribution in [2.75, 3.05) is 13.1 Å². The zero-order valence-corrected chi connectivity index (χ0v) is 8.39. The minimum atomic E-state index is 0.538. The highest BCUT2D eigenvalue weighted by atomic mass is 32.1. The van der Waals surface area contributed by atoms with Crippen LogP contribution in [0.4, 0.5) is 0 Å². The molecule has 0 saturated carbocycles. The van der Waals surface area contributed by atoms with Gasteiger partial charge in [0.2, 0.25) is 0 Å². The largest absolute Gasteiger partial charge is 0.285 e. The van der Waals surface area contributed by atoms with Crippen LogP contribution in [0.2, 0.25) is 0 Å². The molecule has 0 aromatic carbocycles. The molecule has 0 N–H and O–H groups in total. The van der Waals surface area contributed by atoms with Crippen LogP contribution in [0.5, 0.6) is 0 Å². The van der Waals surface area contributed by atoms with Crippen LogP contribution in [0.25, 0.3) is 0 Å². The van der Waals surface area contributed by atoms with Gasteiger partial charge in [-0.3, -0.25) is 4.90 Å². The van der Waals surface area contributed by atoms with Crippen molar-refractivity contribution >= 4 is 11.3 Å². The lowest BCUT2D eigenvalue weighted by molar-refractivity contribution is 0.286. The molecule has 68 valence electrons. The topological polar surface area (TPSA) is 39.9 Å². The van der Waals surface area contributed by atoms with Gasteiger partial charge in [0.25, 0.3) is 0 Å². The highest BCUT2D eigenvalue weighted by Gasteiger charge is 2.18. The monoisotopic (exact) mass is 193 g/mol. The maximum atomic E-state index is 8.57. The van der Waals surface area contributed by atoms with Gasteiger partial charge in [-0.1, -0.05) is 0 Å². The van der Waals surface area contributed by atoms with Crippen molar-refractivity contribution in [3.8, 4) is 6.07 Å². The van der Waals surface area contributed by atoms with Crippen molar-refractivity contribution < 1.29 is 0 Å². The molecule has 0 bridgehead atoms. The van der Waals surface area contributed by atoms with E-state index in [0.29, 0.717) is 6.54 Å². The summed E-state index contributed by atoms with van der Waals surface area (Å²) in [7, 11) is 0. The lowest BCUT2D eigenvalue weighted by atomic mass is 10.2. The summed E-state index contributed by atoms with van der Waals surface area (Å²) in [6.07, 6.45) is 1.00. The van der Waals surface area contributed by atoms with Crippen molar-refractivity contribution in [1.29, 1.82) is 5.26 Å². The molecule has 0 amide bonds. The van der Waals surface area contributed by atoms with E-state index in [9.17, 15) is 0 Å². The quantitative estimate of drug-likeness (QED) is 0.632. The van der Waals surface area contributed by atoms with E-state index in [1.807, 2.05) is 6.92 Å². The molecule has 0 radical (unpaired) electrons. The fourth-order valence-electron chi connectivity index (χ4n) is 1.61. The average molecular weight is 193 g/mol. The third-order valence-corrected chi connectivity index (χ3v) is 3.21. The maximum Gasteiger partial charge on any atom is 0.0900 e. The van der Waals surface area contributed by atoms with Gasteiger partial charge >= 0.3 is 0 Å². The summed E-state index contributed by atoms with van der Waals surface area (Å²) in [5.74, 6) is 0. The van der Waals surface area contributed by atoms with Gasteiger partial charge < -0.3 is 0 Å². The second-order valence-electron chi connectivity index (χ2n) is 3.22. The van der Waals surface area contributed by atoms with Crippen molar-refractivity contribution in [2.45, 2.75) is 19.9 Å². The van der Waals surface area contributed by atoms with Crippen molar-refractivity contribution in [3.05, 3.63) is 15.6 Å². The summed E-state index contributed by atoms with van der Waals surface area (Å²) in [6, 6.07) is 2.19. The normalized spacial score (nSPS) is 16.6. The van der Waals surface area contributed by atoms with Crippen LogP contribution in [0.3, 0.4) is 0 Å². The molecular formula is C9H11N3S. The fourth-order valence-corrected chi connectivity index (χ4v) is 2.64.